The minimum atomic E-state index is -0.144. The number of hydrogen-bond acceptors (Lipinski definition) is 5. The maximum Gasteiger partial charge on any atom is 0.223 e. The van der Waals surface area contributed by atoms with E-state index >= 15 is 0 Å². The molecule has 6 nitrogen and oxygen atoms in total. The van der Waals surface area contributed by atoms with E-state index in [4.69, 9.17) is 9.72 Å². The van der Waals surface area contributed by atoms with E-state index in [1.165, 1.54) is 12.3 Å². The van der Waals surface area contributed by atoms with Crippen LogP contribution < -0.4 is 4.74 Å². The van der Waals surface area contributed by atoms with Crippen molar-refractivity contribution in [2.75, 3.05) is 0 Å². The largest absolute Gasteiger partial charge is 0.507 e. The second-order valence-electron chi connectivity index (χ2n) is 9.94. The van der Waals surface area contributed by atoms with Crippen molar-refractivity contribution in [3.8, 4) is 34.6 Å². The Morgan fingerprint density at radius 3 is 2.50 bits per heavy atom. The zero-order chi connectivity index (χ0) is 25.6. The average Bonchev–Trinajstić information content (AvgIpc) is 3.23. The van der Waals surface area contributed by atoms with Crippen molar-refractivity contribution < 1.29 is 30.9 Å². The van der Waals surface area contributed by atoms with Crippen molar-refractivity contribution in [3.63, 3.8) is 0 Å². The summed E-state index contributed by atoms with van der Waals surface area (Å²) in [5, 5.41) is 12.5. The fourth-order valence-corrected chi connectivity index (χ4v) is 4.49. The summed E-state index contributed by atoms with van der Waals surface area (Å²) >= 11 is 0. The number of aromatic nitrogens is 4. The summed E-state index contributed by atoms with van der Waals surface area (Å²) in [5.41, 5.74) is 4.04. The van der Waals surface area contributed by atoms with Crippen molar-refractivity contribution >= 4 is 21.8 Å². The van der Waals surface area contributed by atoms with Crippen LogP contribution in [0, 0.1) is 6.07 Å². The summed E-state index contributed by atoms with van der Waals surface area (Å²) in [5.74, 6) is 1.66. The summed E-state index contributed by atoms with van der Waals surface area (Å²) in [4.78, 5) is 13.6. The Hall–Kier alpha value is -4.02. The van der Waals surface area contributed by atoms with Crippen LogP contribution in [-0.4, -0.2) is 24.6 Å². The van der Waals surface area contributed by atoms with Crippen LogP contribution in [0.25, 0.3) is 38.9 Å². The van der Waals surface area contributed by atoms with Gasteiger partial charge in [0.25, 0.3) is 0 Å². The van der Waals surface area contributed by atoms with Gasteiger partial charge in [0.15, 0.2) is 0 Å². The van der Waals surface area contributed by atoms with Gasteiger partial charge in [0.1, 0.15) is 11.6 Å². The van der Waals surface area contributed by atoms with E-state index in [0.29, 0.717) is 23.0 Å². The Morgan fingerprint density at radius 1 is 0.868 bits per heavy atom. The van der Waals surface area contributed by atoms with E-state index in [2.05, 4.69) is 65.6 Å². The molecule has 0 fully saturated rings. The van der Waals surface area contributed by atoms with Crippen LogP contribution in [-0.2, 0) is 26.5 Å². The average molecular weight is 681 g/mol. The van der Waals surface area contributed by atoms with Gasteiger partial charge in [0.2, 0.25) is 11.8 Å². The van der Waals surface area contributed by atoms with E-state index in [-0.39, 0.29) is 32.2 Å². The number of pyridine rings is 3. The van der Waals surface area contributed by atoms with E-state index in [1.54, 1.807) is 12.3 Å². The predicted octanol–water partition coefficient (Wildman–Crippen LogP) is 7.23. The Morgan fingerprint density at radius 2 is 1.68 bits per heavy atom. The summed E-state index contributed by atoms with van der Waals surface area (Å²) in [7, 11) is 0. The summed E-state index contributed by atoms with van der Waals surface area (Å²) in [6, 6.07) is 28.8. The van der Waals surface area contributed by atoms with E-state index < -0.39 is 0 Å². The third kappa shape index (κ3) is 4.68. The number of aromatic hydroxyl groups is 1. The van der Waals surface area contributed by atoms with Crippen LogP contribution in [0.3, 0.4) is 0 Å². The van der Waals surface area contributed by atoms with Crippen molar-refractivity contribution in [1.29, 1.82) is 0 Å². The molecule has 0 unspecified atom stereocenters. The van der Waals surface area contributed by atoms with Crippen LogP contribution in [0.15, 0.2) is 91.3 Å². The quantitative estimate of drug-likeness (QED) is 0.199. The third-order valence-electron chi connectivity index (χ3n) is 6.38. The monoisotopic (exact) mass is 680 g/mol. The first-order valence-electron chi connectivity index (χ1n) is 12.1. The standard InChI is InChI=1S/C31H25N4O2.Pt/c1-31(2,3)20-17-28(35-25-12-6-4-9-21(25)22-10-5-7-13-26(22)35)34-30(18-20)37-29-14-8-11-24(33-29)23-19-32-16-15-27(23)36;/h4-12,14-19H,1-3H3,(H,32,36);/q-1;. The molecule has 0 aliphatic rings. The fraction of sp³-hybridized carbons (Fsp3) is 0.129. The molecule has 6 rings (SSSR count). The van der Waals surface area contributed by atoms with Gasteiger partial charge in [0.05, 0.1) is 11.3 Å². The number of benzene rings is 2. The summed E-state index contributed by atoms with van der Waals surface area (Å²) in [6.07, 6.45) is 3.12. The van der Waals surface area contributed by atoms with E-state index in [1.807, 2.05) is 42.5 Å². The van der Waals surface area contributed by atoms with Crippen LogP contribution in [0.2, 0.25) is 0 Å². The molecular formula is C31H25N4O2Pt-. The number of fused-ring (bicyclic) bond motifs is 3. The second-order valence-corrected chi connectivity index (χ2v) is 9.94. The van der Waals surface area contributed by atoms with E-state index in [0.717, 1.165) is 33.2 Å². The zero-order valence-electron chi connectivity index (χ0n) is 21.1. The summed E-state index contributed by atoms with van der Waals surface area (Å²) < 4.78 is 8.36. The van der Waals surface area contributed by atoms with Crippen molar-refractivity contribution in [2.45, 2.75) is 26.2 Å². The number of hydrogen-bond donors (Lipinski definition) is 1. The van der Waals surface area contributed by atoms with Crippen LogP contribution in [0.1, 0.15) is 26.3 Å². The van der Waals surface area contributed by atoms with Crippen molar-refractivity contribution in [3.05, 3.63) is 103 Å². The number of rotatable bonds is 4. The maximum absolute atomic E-state index is 10.2. The van der Waals surface area contributed by atoms with Gasteiger partial charge in [-0.3, -0.25) is 4.98 Å². The Kier molecular flexibility index (Phi) is 6.76. The first-order chi connectivity index (χ1) is 17.9. The number of para-hydroxylation sites is 2. The Bertz CT molecular complexity index is 1720. The molecule has 4 aromatic heterocycles. The van der Waals surface area contributed by atoms with Gasteiger partial charge in [-0.25, -0.2) is 4.98 Å². The zero-order valence-corrected chi connectivity index (χ0v) is 23.4. The normalized spacial score (nSPS) is 11.4. The Balaban J connectivity index is 0.00000294. The SMILES string of the molecule is CC(C)(C)c1cc(Oc2cccc(-c3cnccc3O)n2)nc(-n2c3[c-]cccc3c3ccccc32)c1.[Pt]. The molecule has 0 amide bonds. The van der Waals surface area contributed by atoms with Crippen LogP contribution in [0.4, 0.5) is 0 Å². The molecular weight excluding hydrogens is 655 g/mol. The topological polar surface area (TPSA) is 73.1 Å². The van der Waals surface area contributed by atoms with Crippen LogP contribution in [0.5, 0.6) is 17.5 Å². The van der Waals surface area contributed by atoms with Gasteiger partial charge >= 0.3 is 0 Å². The molecule has 0 spiro atoms. The maximum atomic E-state index is 10.2. The molecule has 0 bridgehead atoms. The van der Waals surface area contributed by atoms with Crippen molar-refractivity contribution in [2.24, 2.45) is 0 Å². The summed E-state index contributed by atoms with van der Waals surface area (Å²) in [6.45, 7) is 6.49. The molecule has 0 atom stereocenters. The molecule has 7 heteroatoms. The van der Waals surface area contributed by atoms with Gasteiger partial charge in [-0.15, -0.1) is 5.39 Å². The Labute approximate surface area is 235 Å². The predicted molar refractivity (Wildman–Crippen MR) is 145 cm³/mol. The first-order valence-corrected chi connectivity index (χ1v) is 12.1. The molecule has 0 aliphatic carbocycles. The molecule has 0 saturated heterocycles. The van der Waals surface area contributed by atoms with Crippen molar-refractivity contribution in [1.82, 2.24) is 19.5 Å². The molecule has 0 aliphatic heterocycles. The smallest absolute Gasteiger partial charge is 0.223 e. The second kappa shape index (κ2) is 10.0. The van der Waals surface area contributed by atoms with Gasteiger partial charge in [0, 0.05) is 51.1 Å². The number of nitrogens with zero attached hydrogens (tertiary/aromatic N) is 4. The number of ether oxygens (including phenoxy) is 1. The van der Waals surface area contributed by atoms with E-state index in [9.17, 15) is 5.11 Å². The van der Waals surface area contributed by atoms with Gasteiger partial charge in [-0.05, 0) is 40.6 Å². The molecule has 0 radical (unpaired) electrons. The molecule has 38 heavy (non-hydrogen) atoms. The third-order valence-corrected chi connectivity index (χ3v) is 6.38. The fourth-order valence-electron chi connectivity index (χ4n) is 4.49. The molecule has 1 N–H and O–H groups in total. The molecule has 2 aromatic carbocycles. The van der Waals surface area contributed by atoms with Crippen LogP contribution >= 0.6 is 0 Å². The molecule has 4 heterocycles. The molecule has 192 valence electrons. The minimum absolute atomic E-state index is 0. The first kappa shape index (κ1) is 25.6. The van der Waals surface area contributed by atoms with Gasteiger partial charge in [-0.1, -0.05) is 50.6 Å². The minimum Gasteiger partial charge on any atom is -0.507 e. The molecule has 0 saturated carbocycles. The van der Waals surface area contributed by atoms with Gasteiger partial charge < -0.3 is 14.4 Å². The van der Waals surface area contributed by atoms with Gasteiger partial charge in [-0.2, -0.15) is 29.2 Å². The molecule has 6 aromatic rings.